The number of sulfonamides is 1. The standard InChI is InChI=1S/C27H24Cl2FN3O7S/c1-40-19-8-4-17(5-9-19)27(37)32-12-13-33(41(38,39)20-10-11-21(28)22(29)14-20)26(32)25(36)31-23(15-24(34)35)16-2-6-18(30)7-3-16/h2-11,14,23,26H,12-13,15H2,1H3,(H,31,36)(H,34,35). The number of methoxy groups -OCH3 is 1. The van der Waals surface area contributed by atoms with Gasteiger partial charge in [-0.3, -0.25) is 14.4 Å². The monoisotopic (exact) mass is 623 g/mol. The van der Waals surface area contributed by atoms with Crippen molar-refractivity contribution in [3.05, 3.63) is 93.7 Å². The van der Waals surface area contributed by atoms with Gasteiger partial charge >= 0.3 is 5.97 Å². The molecule has 2 amide bonds. The number of nitrogens with zero attached hydrogens (tertiary/aromatic N) is 2. The van der Waals surface area contributed by atoms with Crippen molar-refractivity contribution in [3.63, 3.8) is 0 Å². The Morgan fingerprint density at radius 2 is 1.68 bits per heavy atom. The highest BCUT2D eigenvalue weighted by molar-refractivity contribution is 7.89. The lowest BCUT2D eigenvalue weighted by atomic mass is 10.0. The maximum Gasteiger partial charge on any atom is 0.305 e. The maximum atomic E-state index is 13.8. The minimum absolute atomic E-state index is 0.0306. The summed E-state index contributed by atoms with van der Waals surface area (Å²) >= 11 is 12.0. The van der Waals surface area contributed by atoms with Gasteiger partial charge in [-0.15, -0.1) is 0 Å². The zero-order chi connectivity index (χ0) is 29.9. The Labute approximate surface area is 245 Å². The molecule has 0 spiro atoms. The normalized spacial score (nSPS) is 16.3. The van der Waals surface area contributed by atoms with Crippen molar-refractivity contribution < 1.29 is 37.0 Å². The third-order valence-corrected chi connectivity index (χ3v) is 9.02. The zero-order valence-electron chi connectivity index (χ0n) is 21.5. The van der Waals surface area contributed by atoms with E-state index < -0.39 is 52.3 Å². The van der Waals surface area contributed by atoms with E-state index in [1.165, 1.54) is 43.5 Å². The highest BCUT2D eigenvalue weighted by Gasteiger charge is 2.47. The van der Waals surface area contributed by atoms with Crippen molar-refractivity contribution in [3.8, 4) is 5.75 Å². The largest absolute Gasteiger partial charge is 0.497 e. The third kappa shape index (κ3) is 6.62. The topological polar surface area (TPSA) is 133 Å². The van der Waals surface area contributed by atoms with Crippen molar-refractivity contribution in [2.75, 3.05) is 20.2 Å². The molecule has 0 aliphatic carbocycles. The molecule has 0 radical (unpaired) electrons. The average Bonchev–Trinajstić information content (AvgIpc) is 3.40. The smallest absolute Gasteiger partial charge is 0.305 e. The first-order chi connectivity index (χ1) is 19.4. The van der Waals surface area contributed by atoms with Crippen molar-refractivity contribution in [2.24, 2.45) is 0 Å². The average molecular weight is 624 g/mol. The third-order valence-electron chi connectivity index (χ3n) is 6.43. The van der Waals surface area contributed by atoms with E-state index in [1.54, 1.807) is 12.1 Å². The number of rotatable bonds is 9. The fraction of sp³-hybridized carbons (Fsp3) is 0.222. The molecule has 1 aliphatic rings. The lowest BCUT2D eigenvalue weighted by Crippen LogP contribution is -2.54. The molecule has 216 valence electrons. The minimum Gasteiger partial charge on any atom is -0.497 e. The first-order valence-corrected chi connectivity index (χ1v) is 14.3. The molecule has 2 atom stereocenters. The Balaban J connectivity index is 1.74. The Kier molecular flexibility index (Phi) is 9.17. The van der Waals surface area contributed by atoms with E-state index in [-0.39, 0.29) is 39.2 Å². The molecule has 1 heterocycles. The van der Waals surface area contributed by atoms with Gasteiger partial charge in [0.05, 0.1) is 34.5 Å². The number of aliphatic carboxylic acids is 1. The van der Waals surface area contributed by atoms with E-state index in [2.05, 4.69) is 5.32 Å². The fourth-order valence-corrected chi connectivity index (χ4v) is 6.32. The summed E-state index contributed by atoms with van der Waals surface area (Å²) in [5.41, 5.74) is 0.435. The van der Waals surface area contributed by atoms with Crippen molar-refractivity contribution in [2.45, 2.75) is 23.5 Å². The molecule has 10 nitrogen and oxygen atoms in total. The van der Waals surface area contributed by atoms with Crippen LogP contribution in [-0.2, 0) is 19.6 Å². The van der Waals surface area contributed by atoms with Crippen LogP contribution in [0.4, 0.5) is 4.39 Å². The number of benzene rings is 3. The van der Waals surface area contributed by atoms with Gasteiger partial charge in [0.2, 0.25) is 10.0 Å². The van der Waals surface area contributed by atoms with Gasteiger partial charge in [-0.1, -0.05) is 35.3 Å². The Morgan fingerprint density at radius 3 is 2.27 bits per heavy atom. The molecular formula is C27H24Cl2FN3O7S. The van der Waals surface area contributed by atoms with Crippen LogP contribution >= 0.6 is 23.2 Å². The van der Waals surface area contributed by atoms with E-state index >= 15 is 0 Å². The van der Waals surface area contributed by atoms with Crippen LogP contribution in [-0.4, -0.2) is 66.9 Å². The maximum absolute atomic E-state index is 13.8. The van der Waals surface area contributed by atoms with E-state index in [0.717, 1.165) is 27.4 Å². The van der Waals surface area contributed by atoms with Crippen LogP contribution in [0.3, 0.4) is 0 Å². The second-order valence-corrected chi connectivity index (χ2v) is 11.7. The number of carboxylic acids is 1. The summed E-state index contributed by atoms with van der Waals surface area (Å²) in [5, 5.41) is 12.1. The lowest BCUT2D eigenvalue weighted by Gasteiger charge is -2.30. The van der Waals surface area contributed by atoms with Gasteiger partial charge < -0.3 is 20.1 Å². The SMILES string of the molecule is COc1ccc(C(=O)N2CCN(S(=O)(=O)c3ccc(Cl)c(Cl)c3)C2C(=O)NC(CC(=O)O)c2ccc(F)cc2)cc1. The van der Waals surface area contributed by atoms with Gasteiger partial charge in [-0.05, 0) is 60.2 Å². The molecule has 0 saturated carbocycles. The minimum atomic E-state index is -4.41. The molecule has 1 fully saturated rings. The number of hydrogen-bond donors (Lipinski definition) is 2. The summed E-state index contributed by atoms with van der Waals surface area (Å²) in [6, 6.07) is 13.3. The molecule has 1 saturated heterocycles. The molecule has 1 aliphatic heterocycles. The Bertz CT molecular complexity index is 1570. The fourth-order valence-electron chi connectivity index (χ4n) is 4.38. The van der Waals surface area contributed by atoms with Crippen LogP contribution in [0.1, 0.15) is 28.4 Å². The van der Waals surface area contributed by atoms with Crippen molar-refractivity contribution in [1.82, 2.24) is 14.5 Å². The number of halogens is 3. The number of nitrogens with one attached hydrogen (secondary N) is 1. The number of hydrogen-bond acceptors (Lipinski definition) is 6. The summed E-state index contributed by atoms with van der Waals surface area (Å²) in [5.74, 6) is -2.95. The van der Waals surface area contributed by atoms with Crippen LogP contribution in [0.15, 0.2) is 71.6 Å². The van der Waals surface area contributed by atoms with Gasteiger partial charge in [0.25, 0.3) is 11.8 Å². The van der Waals surface area contributed by atoms with Gasteiger partial charge in [-0.2, -0.15) is 4.31 Å². The second-order valence-electron chi connectivity index (χ2n) is 9.00. The first kappa shape index (κ1) is 30.3. The lowest BCUT2D eigenvalue weighted by molar-refractivity contribution is -0.138. The van der Waals surface area contributed by atoms with E-state index in [0.29, 0.717) is 5.75 Å². The molecule has 0 bridgehead atoms. The van der Waals surface area contributed by atoms with Crippen LogP contribution in [0.5, 0.6) is 5.75 Å². The number of carbonyl (C=O) groups is 3. The molecule has 4 rings (SSSR count). The predicted molar refractivity (Wildman–Crippen MR) is 148 cm³/mol. The van der Waals surface area contributed by atoms with Crippen LogP contribution in [0.2, 0.25) is 10.0 Å². The van der Waals surface area contributed by atoms with E-state index in [9.17, 15) is 32.3 Å². The van der Waals surface area contributed by atoms with Crippen LogP contribution in [0.25, 0.3) is 0 Å². The molecule has 2 unspecified atom stereocenters. The van der Waals surface area contributed by atoms with Gasteiger partial charge in [0, 0.05) is 18.7 Å². The van der Waals surface area contributed by atoms with Gasteiger partial charge in [-0.25, -0.2) is 12.8 Å². The highest BCUT2D eigenvalue weighted by Crippen LogP contribution is 2.31. The van der Waals surface area contributed by atoms with Gasteiger partial charge in [0.1, 0.15) is 11.6 Å². The molecule has 3 aromatic rings. The number of amides is 2. The zero-order valence-corrected chi connectivity index (χ0v) is 23.8. The number of carboxylic acid groups (broad SMARTS) is 1. The molecule has 14 heteroatoms. The second kappa shape index (κ2) is 12.4. The molecule has 2 N–H and O–H groups in total. The number of carbonyl (C=O) groups excluding carboxylic acids is 2. The van der Waals surface area contributed by atoms with E-state index in [1.807, 2.05) is 0 Å². The van der Waals surface area contributed by atoms with Crippen molar-refractivity contribution >= 4 is 51.0 Å². The van der Waals surface area contributed by atoms with Gasteiger partial charge in [0.15, 0.2) is 6.17 Å². The summed E-state index contributed by atoms with van der Waals surface area (Å²) in [6.07, 6.45) is -2.28. The quantitative estimate of drug-likeness (QED) is 0.369. The summed E-state index contributed by atoms with van der Waals surface area (Å²) in [6.45, 7) is -0.396. The molecular weight excluding hydrogens is 600 g/mol. The predicted octanol–water partition coefficient (Wildman–Crippen LogP) is 3.95. The van der Waals surface area contributed by atoms with Crippen molar-refractivity contribution in [1.29, 1.82) is 0 Å². The summed E-state index contributed by atoms with van der Waals surface area (Å²) < 4.78 is 46.9. The Morgan fingerprint density at radius 1 is 1.02 bits per heavy atom. The van der Waals surface area contributed by atoms with Crippen LogP contribution < -0.4 is 10.1 Å². The van der Waals surface area contributed by atoms with Crippen LogP contribution in [0, 0.1) is 5.82 Å². The Hall–Kier alpha value is -3.71. The molecule has 3 aromatic carbocycles. The summed E-state index contributed by atoms with van der Waals surface area (Å²) in [4.78, 5) is 39.8. The molecule has 41 heavy (non-hydrogen) atoms. The first-order valence-electron chi connectivity index (χ1n) is 12.1. The van der Waals surface area contributed by atoms with E-state index in [4.69, 9.17) is 27.9 Å². The summed E-state index contributed by atoms with van der Waals surface area (Å²) in [7, 11) is -2.95. The molecule has 0 aromatic heterocycles. The highest BCUT2D eigenvalue weighted by atomic mass is 35.5. The number of ether oxygens (including phenoxy) is 1.